The zero-order valence-corrected chi connectivity index (χ0v) is 9.60. The molecule has 0 aromatic heterocycles. The second-order valence-corrected chi connectivity index (χ2v) is 4.12. The van der Waals surface area contributed by atoms with E-state index < -0.39 is 0 Å². The minimum absolute atomic E-state index is 0.426. The van der Waals surface area contributed by atoms with Gasteiger partial charge in [0, 0.05) is 6.61 Å². The molecule has 1 unspecified atom stereocenters. The van der Waals surface area contributed by atoms with Crippen molar-refractivity contribution in [2.45, 2.75) is 46.1 Å². The molecule has 0 saturated heterocycles. The monoisotopic (exact) mass is 187 g/mol. The van der Waals surface area contributed by atoms with Crippen molar-refractivity contribution in [3.8, 4) is 0 Å². The lowest BCUT2D eigenvalue weighted by atomic mass is 10.1. The SMILES string of the molecule is CNCCCCOC(C)CC(C)C. The Morgan fingerprint density at radius 1 is 1.15 bits per heavy atom. The molecule has 13 heavy (non-hydrogen) atoms. The summed E-state index contributed by atoms with van der Waals surface area (Å²) in [4.78, 5) is 0. The Morgan fingerprint density at radius 3 is 2.38 bits per heavy atom. The molecule has 0 aromatic carbocycles. The van der Waals surface area contributed by atoms with Gasteiger partial charge in [-0.2, -0.15) is 0 Å². The van der Waals surface area contributed by atoms with Gasteiger partial charge in [-0.05, 0) is 45.7 Å². The lowest BCUT2D eigenvalue weighted by molar-refractivity contribution is 0.0498. The van der Waals surface area contributed by atoms with Crippen LogP contribution in [-0.4, -0.2) is 26.3 Å². The Hall–Kier alpha value is -0.0800. The maximum atomic E-state index is 5.67. The summed E-state index contributed by atoms with van der Waals surface area (Å²) in [5, 5.41) is 3.13. The van der Waals surface area contributed by atoms with Crippen molar-refractivity contribution in [3.05, 3.63) is 0 Å². The van der Waals surface area contributed by atoms with Crippen LogP contribution >= 0.6 is 0 Å². The van der Waals surface area contributed by atoms with Crippen LogP contribution in [0, 0.1) is 5.92 Å². The molecule has 0 spiro atoms. The van der Waals surface area contributed by atoms with Crippen molar-refractivity contribution >= 4 is 0 Å². The number of nitrogens with one attached hydrogen (secondary N) is 1. The molecule has 0 heterocycles. The molecule has 80 valence electrons. The van der Waals surface area contributed by atoms with Gasteiger partial charge in [0.25, 0.3) is 0 Å². The van der Waals surface area contributed by atoms with E-state index in [2.05, 4.69) is 26.1 Å². The number of unbranched alkanes of at least 4 members (excludes halogenated alkanes) is 1. The van der Waals surface area contributed by atoms with E-state index in [4.69, 9.17) is 4.74 Å². The molecular formula is C11H25NO. The molecule has 1 atom stereocenters. The molecule has 0 aliphatic rings. The molecule has 2 heteroatoms. The predicted octanol–water partition coefficient (Wildman–Crippen LogP) is 2.44. The van der Waals surface area contributed by atoms with Crippen molar-refractivity contribution in [3.63, 3.8) is 0 Å². The van der Waals surface area contributed by atoms with Crippen molar-refractivity contribution in [2.24, 2.45) is 5.92 Å². The van der Waals surface area contributed by atoms with Crippen molar-refractivity contribution in [2.75, 3.05) is 20.2 Å². The van der Waals surface area contributed by atoms with Crippen molar-refractivity contribution in [1.29, 1.82) is 0 Å². The van der Waals surface area contributed by atoms with E-state index in [9.17, 15) is 0 Å². The van der Waals surface area contributed by atoms with Crippen LogP contribution in [0.4, 0.5) is 0 Å². The highest BCUT2D eigenvalue weighted by Crippen LogP contribution is 2.07. The van der Waals surface area contributed by atoms with Crippen LogP contribution in [0.15, 0.2) is 0 Å². The highest BCUT2D eigenvalue weighted by Gasteiger charge is 2.03. The molecule has 2 nitrogen and oxygen atoms in total. The number of hydrogen-bond acceptors (Lipinski definition) is 2. The summed E-state index contributed by atoms with van der Waals surface area (Å²) in [5.74, 6) is 0.743. The Labute approximate surface area is 83.1 Å². The second-order valence-electron chi connectivity index (χ2n) is 4.12. The van der Waals surface area contributed by atoms with Gasteiger partial charge in [-0.15, -0.1) is 0 Å². The van der Waals surface area contributed by atoms with Gasteiger partial charge < -0.3 is 10.1 Å². The Bertz CT molecular complexity index is 104. The first-order valence-corrected chi connectivity index (χ1v) is 5.43. The van der Waals surface area contributed by atoms with Gasteiger partial charge in [0.1, 0.15) is 0 Å². The van der Waals surface area contributed by atoms with Gasteiger partial charge in [0.05, 0.1) is 6.10 Å². The Morgan fingerprint density at radius 2 is 1.85 bits per heavy atom. The third kappa shape index (κ3) is 9.84. The fourth-order valence-electron chi connectivity index (χ4n) is 1.42. The van der Waals surface area contributed by atoms with Crippen LogP contribution in [0.25, 0.3) is 0 Å². The largest absolute Gasteiger partial charge is 0.378 e. The fourth-order valence-corrected chi connectivity index (χ4v) is 1.42. The molecule has 0 aliphatic carbocycles. The molecule has 1 N–H and O–H groups in total. The number of rotatable bonds is 8. The van der Waals surface area contributed by atoms with Crippen LogP contribution in [-0.2, 0) is 4.74 Å². The first-order valence-electron chi connectivity index (χ1n) is 5.43. The van der Waals surface area contributed by atoms with Crippen LogP contribution < -0.4 is 5.32 Å². The standard InChI is InChI=1S/C11H25NO/c1-10(2)9-11(3)13-8-6-5-7-12-4/h10-12H,5-9H2,1-4H3. The predicted molar refractivity (Wildman–Crippen MR) is 58.0 cm³/mol. The van der Waals surface area contributed by atoms with Gasteiger partial charge in [0.15, 0.2) is 0 Å². The van der Waals surface area contributed by atoms with E-state index in [1.807, 2.05) is 7.05 Å². The summed E-state index contributed by atoms with van der Waals surface area (Å²) < 4.78 is 5.67. The topological polar surface area (TPSA) is 21.3 Å². The average molecular weight is 187 g/mol. The maximum Gasteiger partial charge on any atom is 0.0549 e. The third-order valence-electron chi connectivity index (χ3n) is 2.03. The van der Waals surface area contributed by atoms with Crippen molar-refractivity contribution in [1.82, 2.24) is 5.32 Å². The van der Waals surface area contributed by atoms with Crippen LogP contribution in [0.2, 0.25) is 0 Å². The molecule has 0 bridgehead atoms. The van der Waals surface area contributed by atoms with E-state index in [0.717, 1.165) is 19.1 Å². The van der Waals surface area contributed by atoms with E-state index in [1.54, 1.807) is 0 Å². The summed E-state index contributed by atoms with van der Waals surface area (Å²) in [6.45, 7) is 8.65. The molecule has 0 aromatic rings. The van der Waals surface area contributed by atoms with E-state index in [1.165, 1.54) is 19.3 Å². The van der Waals surface area contributed by atoms with Gasteiger partial charge in [-0.3, -0.25) is 0 Å². The summed E-state index contributed by atoms with van der Waals surface area (Å²) in [5.41, 5.74) is 0. The maximum absolute atomic E-state index is 5.67. The zero-order valence-electron chi connectivity index (χ0n) is 9.60. The number of hydrogen-bond donors (Lipinski definition) is 1. The van der Waals surface area contributed by atoms with Gasteiger partial charge >= 0.3 is 0 Å². The minimum Gasteiger partial charge on any atom is -0.378 e. The first kappa shape index (κ1) is 12.9. The summed E-state index contributed by atoms with van der Waals surface area (Å²) in [6, 6.07) is 0. The van der Waals surface area contributed by atoms with Crippen molar-refractivity contribution < 1.29 is 4.74 Å². The van der Waals surface area contributed by atoms with E-state index >= 15 is 0 Å². The molecule has 0 amide bonds. The lowest BCUT2D eigenvalue weighted by Crippen LogP contribution is -2.13. The Balaban J connectivity index is 3.12. The molecular weight excluding hydrogens is 162 g/mol. The van der Waals surface area contributed by atoms with Gasteiger partial charge in [-0.25, -0.2) is 0 Å². The van der Waals surface area contributed by atoms with Crippen LogP contribution in [0.1, 0.15) is 40.0 Å². The lowest BCUT2D eigenvalue weighted by Gasteiger charge is -2.14. The van der Waals surface area contributed by atoms with E-state index in [-0.39, 0.29) is 0 Å². The normalized spacial score (nSPS) is 13.6. The first-order chi connectivity index (χ1) is 6.16. The molecule has 0 fully saturated rings. The molecule has 0 radical (unpaired) electrons. The zero-order chi connectivity index (χ0) is 10.1. The van der Waals surface area contributed by atoms with Crippen LogP contribution in [0.3, 0.4) is 0 Å². The Kier molecular flexibility index (Phi) is 8.46. The summed E-state index contributed by atoms with van der Waals surface area (Å²) in [7, 11) is 1.99. The van der Waals surface area contributed by atoms with E-state index in [0.29, 0.717) is 6.10 Å². The molecule has 0 saturated carbocycles. The fraction of sp³-hybridized carbons (Fsp3) is 1.00. The smallest absolute Gasteiger partial charge is 0.0549 e. The minimum atomic E-state index is 0.426. The van der Waals surface area contributed by atoms with Gasteiger partial charge in [0.2, 0.25) is 0 Å². The highest BCUT2D eigenvalue weighted by atomic mass is 16.5. The summed E-state index contributed by atoms with van der Waals surface area (Å²) in [6.07, 6.45) is 3.98. The quantitative estimate of drug-likeness (QED) is 0.589. The third-order valence-corrected chi connectivity index (χ3v) is 2.03. The molecule has 0 rings (SSSR count). The average Bonchev–Trinajstić information content (AvgIpc) is 2.02. The van der Waals surface area contributed by atoms with Crippen LogP contribution in [0.5, 0.6) is 0 Å². The number of ether oxygens (including phenoxy) is 1. The summed E-state index contributed by atoms with van der Waals surface area (Å²) >= 11 is 0. The highest BCUT2D eigenvalue weighted by molar-refractivity contribution is 4.54. The molecule has 0 aliphatic heterocycles. The second kappa shape index (κ2) is 8.52. The van der Waals surface area contributed by atoms with Gasteiger partial charge in [-0.1, -0.05) is 13.8 Å².